The number of nitrogens with two attached hydrogens (primary N) is 1. The summed E-state index contributed by atoms with van der Waals surface area (Å²) in [6, 6.07) is 3.58. The highest BCUT2D eigenvalue weighted by atomic mass is 16.2. The van der Waals surface area contributed by atoms with Gasteiger partial charge in [0.05, 0.1) is 0 Å². The molecule has 1 aromatic rings. The molecule has 0 saturated heterocycles. The summed E-state index contributed by atoms with van der Waals surface area (Å²) in [5, 5.41) is 7.35. The molecule has 112 valence electrons. The maximum atomic E-state index is 12.5. The monoisotopic (exact) mass is 286 g/mol. The fraction of sp³-hybridized carbons (Fsp3) is 0.438. The summed E-state index contributed by atoms with van der Waals surface area (Å²) < 4.78 is 0. The van der Waals surface area contributed by atoms with Gasteiger partial charge in [-0.25, -0.2) is 4.98 Å². The maximum Gasteiger partial charge on any atom is 0.230 e. The van der Waals surface area contributed by atoms with Crippen molar-refractivity contribution in [1.82, 2.24) is 4.98 Å². The first-order valence-corrected chi connectivity index (χ1v) is 7.33. The van der Waals surface area contributed by atoms with Crippen LogP contribution in [0.15, 0.2) is 24.5 Å². The lowest BCUT2D eigenvalue weighted by Crippen LogP contribution is -2.34. The second-order valence-corrected chi connectivity index (χ2v) is 5.40. The average Bonchev–Trinajstić information content (AvgIpc) is 2.56. The zero-order valence-corrected chi connectivity index (χ0v) is 12.4. The predicted octanol–water partition coefficient (Wildman–Crippen LogP) is 2.57. The van der Waals surface area contributed by atoms with Crippen LogP contribution < -0.4 is 10.6 Å². The number of allylic oxidation sites excluding steroid dienone is 1. The van der Waals surface area contributed by atoms with E-state index in [1.165, 1.54) is 18.8 Å². The van der Waals surface area contributed by atoms with Crippen LogP contribution in [0.4, 0.5) is 5.82 Å². The van der Waals surface area contributed by atoms with Gasteiger partial charge in [-0.1, -0.05) is 19.3 Å². The molecular formula is C16H22N4O. The summed E-state index contributed by atoms with van der Waals surface area (Å²) in [4.78, 5) is 18.4. The van der Waals surface area contributed by atoms with Gasteiger partial charge >= 0.3 is 0 Å². The number of aromatic nitrogens is 1. The first-order chi connectivity index (χ1) is 10.2. The van der Waals surface area contributed by atoms with Gasteiger partial charge in [0.2, 0.25) is 5.91 Å². The molecule has 0 atom stereocenters. The van der Waals surface area contributed by atoms with E-state index in [0.717, 1.165) is 31.2 Å². The molecule has 3 N–H and O–H groups in total. The van der Waals surface area contributed by atoms with E-state index in [9.17, 15) is 4.79 Å². The molecule has 0 unspecified atom stereocenters. The number of hydrogen-bond donors (Lipinski definition) is 2. The third kappa shape index (κ3) is 3.48. The fourth-order valence-electron chi connectivity index (χ4n) is 2.75. The van der Waals surface area contributed by atoms with Gasteiger partial charge in [0.1, 0.15) is 5.82 Å². The third-order valence-corrected chi connectivity index (χ3v) is 4.04. The number of amides is 1. The van der Waals surface area contributed by atoms with Gasteiger partial charge < -0.3 is 11.1 Å². The lowest BCUT2D eigenvalue weighted by Gasteiger charge is -2.26. The van der Waals surface area contributed by atoms with Gasteiger partial charge in [-0.3, -0.25) is 9.69 Å². The number of nitrogens with one attached hydrogen (secondary N) is 1. The smallest absolute Gasteiger partial charge is 0.230 e. The Balaban J connectivity index is 2.18. The molecule has 0 aliphatic heterocycles. The van der Waals surface area contributed by atoms with Crippen LogP contribution in [0.3, 0.4) is 0 Å². The van der Waals surface area contributed by atoms with E-state index in [-0.39, 0.29) is 11.8 Å². The average molecular weight is 286 g/mol. The van der Waals surface area contributed by atoms with Gasteiger partial charge in [-0.2, -0.15) is 0 Å². The van der Waals surface area contributed by atoms with E-state index < -0.39 is 0 Å². The van der Waals surface area contributed by atoms with E-state index in [0.29, 0.717) is 11.4 Å². The Hall–Kier alpha value is -2.17. The second kappa shape index (κ2) is 7.02. The largest absolute Gasteiger partial charge is 0.404 e. The van der Waals surface area contributed by atoms with Crippen LogP contribution in [-0.2, 0) is 4.79 Å². The highest BCUT2D eigenvalue weighted by molar-refractivity contribution is 6.08. The summed E-state index contributed by atoms with van der Waals surface area (Å²) in [6.07, 6.45) is 9.65. The van der Waals surface area contributed by atoms with Crippen molar-refractivity contribution in [1.29, 1.82) is 5.41 Å². The lowest BCUT2D eigenvalue weighted by atomic mass is 9.88. The molecule has 5 nitrogen and oxygen atoms in total. The molecule has 1 aliphatic rings. The van der Waals surface area contributed by atoms with Gasteiger partial charge in [0.15, 0.2) is 0 Å². The number of carbonyl (C=O) groups excluding carboxylic acids is 1. The first-order valence-electron chi connectivity index (χ1n) is 7.33. The highest BCUT2D eigenvalue weighted by Crippen LogP contribution is 2.27. The molecule has 1 heterocycles. The normalized spacial score (nSPS) is 16.5. The topological polar surface area (TPSA) is 83.1 Å². The summed E-state index contributed by atoms with van der Waals surface area (Å²) in [6.45, 7) is 0. The van der Waals surface area contributed by atoms with Crippen molar-refractivity contribution in [3.05, 3.63) is 30.1 Å². The minimum atomic E-state index is 0.112. The minimum absolute atomic E-state index is 0.112. The Labute approximate surface area is 125 Å². The molecule has 1 saturated carbocycles. The Kier molecular flexibility index (Phi) is 5.09. The van der Waals surface area contributed by atoms with Crippen molar-refractivity contribution in [2.75, 3.05) is 11.9 Å². The van der Waals surface area contributed by atoms with Crippen LogP contribution in [-0.4, -0.2) is 24.2 Å². The molecule has 0 aromatic carbocycles. The Morgan fingerprint density at radius 1 is 1.43 bits per heavy atom. The molecule has 1 aliphatic carbocycles. The molecule has 5 heteroatoms. The molecule has 1 fully saturated rings. The quantitative estimate of drug-likeness (QED) is 0.834. The van der Waals surface area contributed by atoms with Crippen LogP contribution in [0, 0.1) is 11.3 Å². The minimum Gasteiger partial charge on any atom is -0.404 e. The van der Waals surface area contributed by atoms with Crippen molar-refractivity contribution in [2.24, 2.45) is 11.7 Å². The standard InChI is InChI=1S/C16H22N4O/c1-20(16(21)12-5-3-2-4-6-12)15-9-13(7-8-19-15)14(10-17)11-18/h7-12,17H,2-6,18H2,1H3/b14-11+,17-10?. The van der Waals surface area contributed by atoms with E-state index in [1.54, 1.807) is 30.3 Å². The third-order valence-electron chi connectivity index (χ3n) is 4.04. The van der Waals surface area contributed by atoms with E-state index in [1.807, 2.05) is 0 Å². The van der Waals surface area contributed by atoms with E-state index in [4.69, 9.17) is 11.1 Å². The van der Waals surface area contributed by atoms with E-state index in [2.05, 4.69) is 4.98 Å². The second-order valence-electron chi connectivity index (χ2n) is 5.40. The van der Waals surface area contributed by atoms with Crippen LogP contribution in [0.2, 0.25) is 0 Å². The molecule has 0 radical (unpaired) electrons. The van der Waals surface area contributed by atoms with E-state index >= 15 is 0 Å². The zero-order valence-electron chi connectivity index (χ0n) is 12.4. The molecule has 1 amide bonds. The summed E-state index contributed by atoms with van der Waals surface area (Å²) in [7, 11) is 1.76. The number of nitrogens with zero attached hydrogens (tertiary/aromatic N) is 2. The Bertz CT molecular complexity index is 547. The first kappa shape index (κ1) is 15.2. The molecule has 0 spiro atoms. The summed E-state index contributed by atoms with van der Waals surface area (Å²) in [5.74, 6) is 0.846. The zero-order chi connectivity index (χ0) is 15.2. The number of anilines is 1. The molecule has 0 bridgehead atoms. The van der Waals surface area contributed by atoms with Crippen LogP contribution in [0.25, 0.3) is 5.57 Å². The number of rotatable bonds is 4. The summed E-state index contributed by atoms with van der Waals surface area (Å²) in [5.41, 5.74) is 6.90. The molecular weight excluding hydrogens is 264 g/mol. The molecule has 21 heavy (non-hydrogen) atoms. The van der Waals surface area contributed by atoms with Gasteiger partial charge in [0.25, 0.3) is 0 Å². The van der Waals surface area contributed by atoms with Crippen LogP contribution in [0.5, 0.6) is 0 Å². The molecule has 2 rings (SSSR count). The Morgan fingerprint density at radius 3 is 2.76 bits per heavy atom. The number of hydrogen-bond acceptors (Lipinski definition) is 4. The van der Waals surface area contributed by atoms with Crippen molar-refractivity contribution < 1.29 is 4.79 Å². The van der Waals surface area contributed by atoms with Gasteiger partial charge in [0, 0.05) is 37.2 Å². The highest BCUT2D eigenvalue weighted by Gasteiger charge is 2.25. The fourth-order valence-corrected chi connectivity index (χ4v) is 2.75. The van der Waals surface area contributed by atoms with Crippen molar-refractivity contribution in [2.45, 2.75) is 32.1 Å². The van der Waals surface area contributed by atoms with Crippen molar-refractivity contribution in [3.63, 3.8) is 0 Å². The van der Waals surface area contributed by atoms with Crippen molar-refractivity contribution in [3.8, 4) is 0 Å². The predicted molar refractivity (Wildman–Crippen MR) is 85.2 cm³/mol. The number of pyridine rings is 1. The van der Waals surface area contributed by atoms with Crippen molar-refractivity contribution >= 4 is 23.5 Å². The van der Waals surface area contributed by atoms with Crippen LogP contribution >= 0.6 is 0 Å². The number of carbonyl (C=O) groups is 1. The SMILES string of the molecule is CN(C(=O)C1CCCCC1)c1cc(/C(C=N)=C/N)ccn1. The van der Waals surface area contributed by atoms with Gasteiger partial charge in [-0.15, -0.1) is 0 Å². The molecule has 1 aromatic heterocycles. The van der Waals surface area contributed by atoms with Gasteiger partial charge in [-0.05, 0) is 30.5 Å². The lowest BCUT2D eigenvalue weighted by molar-refractivity contribution is -0.123. The summed E-state index contributed by atoms with van der Waals surface area (Å²) >= 11 is 0. The Morgan fingerprint density at radius 2 is 2.14 bits per heavy atom. The maximum absolute atomic E-state index is 12.5. The van der Waals surface area contributed by atoms with Crippen LogP contribution in [0.1, 0.15) is 37.7 Å².